The van der Waals surface area contributed by atoms with Crippen molar-refractivity contribution in [1.29, 1.82) is 15.8 Å². The van der Waals surface area contributed by atoms with Crippen molar-refractivity contribution in [3.63, 3.8) is 0 Å². The first kappa shape index (κ1) is 25.9. The number of hydrogen-bond acceptors (Lipinski definition) is 5. The Morgan fingerprint density at radius 1 is 0.409 bits per heavy atom. The highest BCUT2D eigenvalue weighted by Gasteiger charge is 2.21. The van der Waals surface area contributed by atoms with E-state index in [9.17, 15) is 15.8 Å². The zero-order chi connectivity index (χ0) is 29.8. The first-order valence-electron chi connectivity index (χ1n) is 14.0. The molecule has 5 heteroatoms. The number of hydrogen-bond donors (Lipinski definition) is 0. The molecule has 2 aromatic heterocycles. The van der Waals surface area contributed by atoms with Gasteiger partial charge in [0.05, 0.1) is 28.8 Å². The zero-order valence-corrected chi connectivity index (χ0v) is 24.8. The Balaban J connectivity index is 1.52. The average Bonchev–Trinajstić information content (AvgIpc) is 3.66. The summed E-state index contributed by atoms with van der Waals surface area (Å²) in [5.74, 6) is 0. The molecule has 0 aliphatic carbocycles. The summed E-state index contributed by atoms with van der Waals surface area (Å²) in [5, 5.41) is 35.0. The Morgan fingerprint density at radius 3 is 1.50 bits per heavy atom. The molecule has 0 amide bonds. The quantitative estimate of drug-likeness (QED) is 0.205. The van der Waals surface area contributed by atoms with E-state index in [-0.39, 0.29) is 0 Å². The lowest BCUT2D eigenvalue weighted by Gasteiger charge is -2.16. The van der Waals surface area contributed by atoms with Crippen LogP contribution in [0, 0.1) is 34.0 Å². The summed E-state index contributed by atoms with van der Waals surface area (Å²) in [6.07, 6.45) is 0. The second-order valence-electron chi connectivity index (χ2n) is 10.6. The third kappa shape index (κ3) is 3.98. The van der Waals surface area contributed by atoms with Gasteiger partial charge in [-0.3, -0.25) is 0 Å². The van der Waals surface area contributed by atoms with Crippen molar-refractivity contribution >= 4 is 63.0 Å². The average molecular weight is 594 g/mol. The van der Waals surface area contributed by atoms with Crippen LogP contribution in [0.25, 0.3) is 73.7 Å². The fourth-order valence-electron chi connectivity index (χ4n) is 6.28. The molecule has 0 aliphatic rings. The highest BCUT2D eigenvalue weighted by molar-refractivity contribution is 7.26. The Hall–Kier alpha value is -5.77. The van der Waals surface area contributed by atoms with E-state index in [1.54, 1.807) is 40.9 Å². The summed E-state index contributed by atoms with van der Waals surface area (Å²) in [6, 6.07) is 45.7. The molecule has 0 aliphatic heterocycles. The minimum Gasteiger partial charge on any atom is -0.192 e. The third-order valence-electron chi connectivity index (χ3n) is 8.16. The molecule has 0 saturated heterocycles. The van der Waals surface area contributed by atoms with Gasteiger partial charge in [0.25, 0.3) is 0 Å². The number of benzene rings is 6. The normalized spacial score (nSPS) is 11.1. The van der Waals surface area contributed by atoms with Gasteiger partial charge in [0.15, 0.2) is 0 Å². The Kier molecular flexibility index (Phi) is 6.00. The molecule has 2 heterocycles. The van der Waals surface area contributed by atoms with E-state index >= 15 is 0 Å². The molecule has 3 nitrogen and oxygen atoms in total. The number of thiophene rings is 2. The molecule has 0 N–H and O–H groups in total. The first-order chi connectivity index (χ1) is 21.7. The summed E-state index contributed by atoms with van der Waals surface area (Å²) < 4.78 is 4.77. The van der Waals surface area contributed by atoms with Gasteiger partial charge in [-0.15, -0.1) is 22.7 Å². The van der Waals surface area contributed by atoms with E-state index < -0.39 is 0 Å². The lowest BCUT2D eigenvalue weighted by Crippen LogP contribution is -1.95. The Morgan fingerprint density at radius 2 is 0.909 bits per heavy atom. The predicted molar refractivity (Wildman–Crippen MR) is 183 cm³/mol. The Bertz CT molecular complexity index is 2570. The number of rotatable bonds is 3. The summed E-state index contributed by atoms with van der Waals surface area (Å²) in [4.78, 5) is 0. The van der Waals surface area contributed by atoms with Gasteiger partial charge < -0.3 is 0 Å². The highest BCUT2D eigenvalue weighted by Crippen LogP contribution is 2.46. The standard InChI is InChI=1S/C39H19N3S2/c40-20-23-15-24(21-41)17-25(16-23)31-18-26(27-9-5-13-36-38(27)29-7-1-3-11-34(29)43-36)19-32(33(31)22-42)28-10-6-14-37-39(28)30-8-2-4-12-35(30)44-37/h1-19H. The monoisotopic (exact) mass is 593 g/mol. The van der Waals surface area contributed by atoms with Crippen LogP contribution in [0.15, 0.2) is 115 Å². The SMILES string of the molecule is N#Cc1cc(C#N)cc(-c2cc(-c3cccc4sc5ccccc5c34)cc(-c3cccc4sc5ccccc5c34)c2C#N)c1. The molecular weight excluding hydrogens is 575 g/mol. The second-order valence-corrected chi connectivity index (χ2v) is 12.8. The number of nitriles is 3. The molecule has 0 atom stereocenters. The largest absolute Gasteiger partial charge is 0.192 e. The van der Waals surface area contributed by atoms with Crippen LogP contribution >= 0.6 is 22.7 Å². The molecule has 0 fully saturated rings. The summed E-state index contributed by atoms with van der Waals surface area (Å²) in [5.41, 5.74) is 6.50. The summed E-state index contributed by atoms with van der Waals surface area (Å²) in [6.45, 7) is 0. The fourth-order valence-corrected chi connectivity index (χ4v) is 8.55. The number of nitrogens with zero attached hydrogens (tertiary/aromatic N) is 3. The minimum atomic E-state index is 0.381. The fraction of sp³-hybridized carbons (Fsp3) is 0. The van der Waals surface area contributed by atoms with Crippen molar-refractivity contribution in [3.05, 3.63) is 132 Å². The van der Waals surface area contributed by atoms with Crippen molar-refractivity contribution in [2.24, 2.45) is 0 Å². The maximum absolute atomic E-state index is 10.8. The maximum Gasteiger partial charge on any atom is 0.100 e. The van der Waals surface area contributed by atoms with Crippen LogP contribution in [-0.4, -0.2) is 0 Å². The smallest absolute Gasteiger partial charge is 0.100 e. The Labute approximate surface area is 261 Å². The van der Waals surface area contributed by atoms with Crippen LogP contribution in [0.3, 0.4) is 0 Å². The van der Waals surface area contributed by atoms with Crippen LogP contribution in [0.2, 0.25) is 0 Å². The molecule has 6 aromatic carbocycles. The maximum atomic E-state index is 10.8. The molecule has 202 valence electrons. The van der Waals surface area contributed by atoms with E-state index in [2.05, 4.69) is 109 Å². The van der Waals surface area contributed by atoms with Crippen molar-refractivity contribution in [2.75, 3.05) is 0 Å². The van der Waals surface area contributed by atoms with Crippen LogP contribution in [0.5, 0.6) is 0 Å². The van der Waals surface area contributed by atoms with E-state index in [0.717, 1.165) is 37.7 Å². The summed E-state index contributed by atoms with van der Waals surface area (Å²) in [7, 11) is 0. The van der Waals surface area contributed by atoms with E-state index in [0.29, 0.717) is 27.8 Å². The van der Waals surface area contributed by atoms with Gasteiger partial charge in [0.1, 0.15) is 6.07 Å². The summed E-state index contributed by atoms with van der Waals surface area (Å²) >= 11 is 3.52. The minimum absolute atomic E-state index is 0.381. The van der Waals surface area contributed by atoms with Crippen LogP contribution in [0.1, 0.15) is 16.7 Å². The van der Waals surface area contributed by atoms with Gasteiger partial charge in [-0.1, -0.05) is 60.7 Å². The lowest BCUT2D eigenvalue weighted by atomic mass is 9.85. The van der Waals surface area contributed by atoms with Gasteiger partial charge in [-0.25, -0.2) is 0 Å². The van der Waals surface area contributed by atoms with Gasteiger partial charge in [-0.05, 0) is 76.9 Å². The van der Waals surface area contributed by atoms with Gasteiger partial charge in [0, 0.05) is 51.5 Å². The van der Waals surface area contributed by atoms with Gasteiger partial charge in [-0.2, -0.15) is 15.8 Å². The molecule has 8 rings (SSSR count). The molecule has 0 unspecified atom stereocenters. The van der Waals surface area contributed by atoms with E-state index in [1.165, 1.54) is 24.9 Å². The van der Waals surface area contributed by atoms with Crippen molar-refractivity contribution in [1.82, 2.24) is 0 Å². The molecular formula is C39H19N3S2. The molecule has 0 radical (unpaired) electrons. The van der Waals surface area contributed by atoms with E-state index in [1.807, 2.05) is 6.07 Å². The number of fused-ring (bicyclic) bond motifs is 6. The molecule has 8 aromatic rings. The van der Waals surface area contributed by atoms with Crippen LogP contribution in [0.4, 0.5) is 0 Å². The zero-order valence-electron chi connectivity index (χ0n) is 23.1. The lowest BCUT2D eigenvalue weighted by molar-refractivity contribution is 1.43. The molecule has 0 bridgehead atoms. The predicted octanol–water partition coefficient (Wildman–Crippen LogP) is 11.0. The topological polar surface area (TPSA) is 71.4 Å². The highest BCUT2D eigenvalue weighted by atomic mass is 32.1. The third-order valence-corrected chi connectivity index (χ3v) is 10.4. The van der Waals surface area contributed by atoms with Crippen molar-refractivity contribution < 1.29 is 0 Å². The van der Waals surface area contributed by atoms with Crippen molar-refractivity contribution in [2.45, 2.75) is 0 Å². The van der Waals surface area contributed by atoms with Crippen LogP contribution in [-0.2, 0) is 0 Å². The van der Waals surface area contributed by atoms with Gasteiger partial charge in [0.2, 0.25) is 0 Å². The molecule has 44 heavy (non-hydrogen) atoms. The van der Waals surface area contributed by atoms with Gasteiger partial charge >= 0.3 is 0 Å². The van der Waals surface area contributed by atoms with Crippen molar-refractivity contribution in [3.8, 4) is 51.6 Å². The second kappa shape index (κ2) is 10.2. The molecule has 0 spiro atoms. The first-order valence-corrected chi connectivity index (χ1v) is 15.6. The molecule has 0 saturated carbocycles. The van der Waals surface area contributed by atoms with Crippen LogP contribution < -0.4 is 0 Å². The van der Waals surface area contributed by atoms with E-state index in [4.69, 9.17) is 0 Å².